The SMILES string of the molecule is Cc1ccc(Cl)c(NC(=O)COC(=O)c2cc(=O)[nH]c3ccccc23)c1Cl. The van der Waals surface area contributed by atoms with Crippen LogP contribution in [0.3, 0.4) is 0 Å². The van der Waals surface area contributed by atoms with Crippen molar-refractivity contribution in [1.82, 2.24) is 4.98 Å². The van der Waals surface area contributed by atoms with Gasteiger partial charge < -0.3 is 15.0 Å². The van der Waals surface area contributed by atoms with Crippen molar-refractivity contribution in [2.45, 2.75) is 6.92 Å². The number of aryl methyl sites for hydroxylation is 1. The van der Waals surface area contributed by atoms with Gasteiger partial charge in [0.1, 0.15) is 0 Å². The predicted octanol–water partition coefficient (Wildman–Crippen LogP) is 3.94. The minimum atomic E-state index is -0.783. The first kappa shape index (κ1) is 18.9. The number of aromatic amines is 1. The summed E-state index contributed by atoms with van der Waals surface area (Å²) in [4.78, 5) is 38.8. The molecule has 0 atom stereocenters. The van der Waals surface area contributed by atoms with Gasteiger partial charge in [0.15, 0.2) is 6.61 Å². The first-order valence-corrected chi connectivity index (χ1v) is 8.66. The molecule has 0 saturated carbocycles. The van der Waals surface area contributed by atoms with Gasteiger partial charge in [0, 0.05) is 17.0 Å². The fourth-order valence-electron chi connectivity index (χ4n) is 2.53. The lowest BCUT2D eigenvalue weighted by Gasteiger charge is -2.11. The molecule has 1 amide bonds. The number of hydrogen-bond acceptors (Lipinski definition) is 4. The number of pyridine rings is 1. The maximum absolute atomic E-state index is 12.3. The Morgan fingerprint density at radius 1 is 1.15 bits per heavy atom. The summed E-state index contributed by atoms with van der Waals surface area (Å²) in [5, 5.41) is 3.62. The van der Waals surface area contributed by atoms with Gasteiger partial charge in [-0.25, -0.2) is 4.79 Å². The average Bonchev–Trinajstić information content (AvgIpc) is 2.65. The second-order valence-corrected chi connectivity index (χ2v) is 6.56. The summed E-state index contributed by atoms with van der Waals surface area (Å²) in [6, 6.07) is 11.3. The van der Waals surface area contributed by atoms with E-state index in [1.54, 1.807) is 43.3 Å². The van der Waals surface area contributed by atoms with Crippen molar-refractivity contribution in [2.24, 2.45) is 0 Å². The number of anilines is 1. The third-order valence-electron chi connectivity index (χ3n) is 3.85. The van der Waals surface area contributed by atoms with Crippen molar-refractivity contribution in [3.63, 3.8) is 0 Å². The van der Waals surface area contributed by atoms with Crippen LogP contribution in [0.5, 0.6) is 0 Å². The van der Waals surface area contributed by atoms with Gasteiger partial charge in [0.05, 0.1) is 21.3 Å². The first-order valence-electron chi connectivity index (χ1n) is 7.90. The first-order chi connectivity index (χ1) is 12.9. The Morgan fingerprint density at radius 2 is 1.89 bits per heavy atom. The van der Waals surface area contributed by atoms with Crippen molar-refractivity contribution in [3.05, 3.63) is 74.0 Å². The zero-order valence-corrected chi connectivity index (χ0v) is 15.6. The molecule has 0 saturated heterocycles. The maximum Gasteiger partial charge on any atom is 0.339 e. The maximum atomic E-state index is 12.3. The van der Waals surface area contributed by atoms with Crippen LogP contribution in [-0.4, -0.2) is 23.5 Å². The molecule has 2 aromatic carbocycles. The standard InChI is InChI=1S/C19H14Cl2N2O4/c1-10-6-7-13(20)18(17(10)21)23-16(25)9-27-19(26)12-8-15(24)22-14-5-3-2-4-11(12)14/h2-8H,9H2,1H3,(H,22,24)(H,23,25). The quantitative estimate of drug-likeness (QED) is 0.644. The smallest absolute Gasteiger partial charge is 0.339 e. The third kappa shape index (κ3) is 4.13. The van der Waals surface area contributed by atoms with Gasteiger partial charge in [-0.2, -0.15) is 0 Å². The summed E-state index contributed by atoms with van der Waals surface area (Å²) in [5.41, 5.74) is 1.13. The predicted molar refractivity (Wildman–Crippen MR) is 105 cm³/mol. The van der Waals surface area contributed by atoms with Crippen LogP contribution in [0.1, 0.15) is 15.9 Å². The van der Waals surface area contributed by atoms with Crippen LogP contribution < -0.4 is 10.9 Å². The van der Waals surface area contributed by atoms with Crippen LogP contribution in [0, 0.1) is 6.92 Å². The van der Waals surface area contributed by atoms with Crippen LogP contribution in [0.4, 0.5) is 5.69 Å². The number of ether oxygens (including phenoxy) is 1. The van der Waals surface area contributed by atoms with Crippen LogP contribution in [0.2, 0.25) is 10.0 Å². The van der Waals surface area contributed by atoms with E-state index >= 15 is 0 Å². The summed E-state index contributed by atoms with van der Waals surface area (Å²) in [5.74, 6) is -1.39. The number of carbonyl (C=O) groups excluding carboxylic acids is 2. The van der Waals surface area contributed by atoms with Crippen molar-refractivity contribution >= 4 is 51.7 Å². The molecule has 1 heterocycles. The van der Waals surface area contributed by atoms with Gasteiger partial charge in [-0.3, -0.25) is 9.59 Å². The zero-order valence-electron chi connectivity index (χ0n) is 14.1. The number of rotatable bonds is 4. The summed E-state index contributed by atoms with van der Waals surface area (Å²) in [7, 11) is 0. The van der Waals surface area contributed by atoms with E-state index in [0.717, 1.165) is 11.6 Å². The molecule has 1 aromatic heterocycles. The molecule has 0 aliphatic carbocycles. The monoisotopic (exact) mass is 404 g/mol. The lowest BCUT2D eigenvalue weighted by atomic mass is 10.1. The van der Waals surface area contributed by atoms with Gasteiger partial charge >= 0.3 is 5.97 Å². The second kappa shape index (κ2) is 7.82. The summed E-state index contributed by atoms with van der Waals surface area (Å²) >= 11 is 12.2. The van der Waals surface area contributed by atoms with Gasteiger partial charge in [0.2, 0.25) is 5.56 Å². The van der Waals surface area contributed by atoms with Gasteiger partial charge in [-0.15, -0.1) is 0 Å². The molecule has 0 spiro atoms. The number of esters is 1. The highest BCUT2D eigenvalue weighted by Crippen LogP contribution is 2.32. The van der Waals surface area contributed by atoms with Crippen LogP contribution >= 0.6 is 23.2 Å². The number of nitrogens with one attached hydrogen (secondary N) is 2. The van der Waals surface area contributed by atoms with E-state index < -0.39 is 24.0 Å². The van der Waals surface area contributed by atoms with Gasteiger partial charge in [-0.05, 0) is 24.6 Å². The summed E-state index contributed by atoms with van der Waals surface area (Å²) in [6.07, 6.45) is 0. The molecule has 6 nitrogen and oxygen atoms in total. The molecule has 0 aliphatic heterocycles. The Balaban J connectivity index is 1.74. The number of amides is 1. The zero-order chi connectivity index (χ0) is 19.6. The lowest BCUT2D eigenvalue weighted by molar-refractivity contribution is -0.119. The number of benzene rings is 2. The minimum absolute atomic E-state index is 0.0776. The molecule has 0 radical (unpaired) electrons. The van der Waals surface area contributed by atoms with E-state index in [2.05, 4.69) is 10.3 Å². The molecular weight excluding hydrogens is 391 g/mol. The number of halogens is 2. The number of H-pyrrole nitrogens is 1. The Labute approximate surface area is 164 Å². The molecule has 0 unspecified atom stereocenters. The molecule has 8 heteroatoms. The molecule has 27 heavy (non-hydrogen) atoms. The summed E-state index contributed by atoms with van der Waals surface area (Å²) < 4.78 is 5.05. The van der Waals surface area contributed by atoms with E-state index in [1.165, 1.54) is 0 Å². The molecular formula is C19H14Cl2N2O4. The van der Waals surface area contributed by atoms with Gasteiger partial charge in [-0.1, -0.05) is 47.5 Å². The number of para-hydroxylation sites is 1. The summed E-state index contributed by atoms with van der Waals surface area (Å²) in [6.45, 7) is 1.22. The Kier molecular flexibility index (Phi) is 5.48. The van der Waals surface area contributed by atoms with Crippen molar-refractivity contribution < 1.29 is 14.3 Å². The minimum Gasteiger partial charge on any atom is -0.452 e. The Bertz CT molecular complexity index is 1110. The van der Waals surface area contributed by atoms with Crippen molar-refractivity contribution in [1.29, 1.82) is 0 Å². The van der Waals surface area contributed by atoms with Crippen molar-refractivity contribution in [3.8, 4) is 0 Å². The van der Waals surface area contributed by atoms with E-state index in [1.807, 2.05) is 0 Å². The topological polar surface area (TPSA) is 88.3 Å². The number of aromatic nitrogens is 1. The largest absolute Gasteiger partial charge is 0.452 e. The lowest BCUT2D eigenvalue weighted by Crippen LogP contribution is -2.22. The molecule has 0 bridgehead atoms. The van der Waals surface area contributed by atoms with Crippen molar-refractivity contribution in [2.75, 3.05) is 11.9 Å². The van der Waals surface area contributed by atoms with Gasteiger partial charge in [0.25, 0.3) is 5.91 Å². The molecule has 2 N–H and O–H groups in total. The Morgan fingerprint density at radius 3 is 2.67 bits per heavy atom. The highest BCUT2D eigenvalue weighted by Gasteiger charge is 2.16. The van der Waals surface area contributed by atoms with E-state index in [4.69, 9.17) is 27.9 Å². The molecule has 138 valence electrons. The van der Waals surface area contributed by atoms with Crippen LogP contribution in [0.25, 0.3) is 10.9 Å². The highest BCUT2D eigenvalue weighted by molar-refractivity contribution is 6.40. The Hall–Kier alpha value is -2.83. The molecule has 3 rings (SSSR count). The van der Waals surface area contributed by atoms with Crippen LogP contribution in [-0.2, 0) is 9.53 Å². The van der Waals surface area contributed by atoms with Crippen LogP contribution in [0.15, 0.2) is 47.3 Å². The third-order valence-corrected chi connectivity index (χ3v) is 4.66. The molecule has 0 aliphatic rings. The number of carbonyl (C=O) groups is 2. The number of fused-ring (bicyclic) bond motifs is 1. The fraction of sp³-hybridized carbons (Fsp3) is 0.105. The average molecular weight is 405 g/mol. The normalized spacial score (nSPS) is 10.6. The molecule has 3 aromatic rings. The fourth-order valence-corrected chi connectivity index (χ4v) is 2.99. The second-order valence-electron chi connectivity index (χ2n) is 5.77. The van der Waals surface area contributed by atoms with E-state index in [9.17, 15) is 14.4 Å². The highest BCUT2D eigenvalue weighted by atomic mass is 35.5. The molecule has 0 fully saturated rings. The number of hydrogen-bond donors (Lipinski definition) is 2. The van der Waals surface area contributed by atoms with E-state index in [-0.39, 0.29) is 16.3 Å². The van der Waals surface area contributed by atoms with E-state index in [0.29, 0.717) is 15.9 Å².